The van der Waals surface area contributed by atoms with Crippen LogP contribution in [0.4, 0.5) is 20.3 Å². The predicted octanol–water partition coefficient (Wildman–Crippen LogP) is 3.42. The molecule has 0 aliphatic carbocycles. The van der Waals surface area contributed by atoms with Crippen molar-refractivity contribution in [1.29, 1.82) is 0 Å². The average Bonchev–Trinajstić information content (AvgIpc) is 3.48. The molecule has 37 heavy (non-hydrogen) atoms. The van der Waals surface area contributed by atoms with E-state index in [0.29, 0.717) is 36.3 Å². The minimum absolute atomic E-state index is 0.127. The van der Waals surface area contributed by atoms with Crippen molar-refractivity contribution in [2.75, 3.05) is 17.6 Å². The molecule has 0 bridgehead atoms. The first-order valence-corrected chi connectivity index (χ1v) is 12.1. The number of hydrogen-bond donors (Lipinski definition) is 3. The minimum atomic E-state index is -2.82. The number of nitrogens with two attached hydrogens (primary N) is 1. The van der Waals surface area contributed by atoms with Crippen LogP contribution in [0.2, 0.25) is 0 Å². The molecule has 4 N–H and O–H groups in total. The fourth-order valence-corrected chi connectivity index (χ4v) is 4.79. The van der Waals surface area contributed by atoms with Crippen molar-refractivity contribution in [3.63, 3.8) is 0 Å². The number of anilines is 2. The molecule has 0 spiro atoms. The van der Waals surface area contributed by atoms with Crippen molar-refractivity contribution in [3.05, 3.63) is 82.3 Å². The number of nitrogens with one attached hydrogen (secondary N) is 2. The summed E-state index contributed by atoms with van der Waals surface area (Å²) in [4.78, 5) is 34.6. The molecule has 1 atom stereocenters. The summed E-state index contributed by atoms with van der Waals surface area (Å²) in [6.45, 7) is -2.37. The zero-order chi connectivity index (χ0) is 25.9. The van der Waals surface area contributed by atoms with Crippen LogP contribution in [0.25, 0.3) is 10.9 Å². The third-order valence-corrected chi connectivity index (χ3v) is 6.59. The molecular weight excluding hydrogens is 480 g/mol. The second-order valence-corrected chi connectivity index (χ2v) is 9.00. The number of aromatic nitrogens is 4. The molecule has 1 aliphatic rings. The van der Waals surface area contributed by atoms with E-state index in [0.717, 1.165) is 17.4 Å². The van der Waals surface area contributed by atoms with Gasteiger partial charge < -0.3 is 16.4 Å². The molecule has 1 aromatic carbocycles. The highest BCUT2D eigenvalue weighted by atomic mass is 19.3. The molecule has 9 nitrogen and oxygen atoms in total. The summed E-state index contributed by atoms with van der Waals surface area (Å²) in [7, 11) is 0. The lowest BCUT2D eigenvalue weighted by Gasteiger charge is -2.16. The molecular formula is C26H27F2N7O2. The Balaban J connectivity index is 1.27. The first kappa shape index (κ1) is 24.4. The summed E-state index contributed by atoms with van der Waals surface area (Å²) in [5, 5.41) is 6.35. The second-order valence-electron chi connectivity index (χ2n) is 9.00. The predicted molar refractivity (Wildman–Crippen MR) is 136 cm³/mol. The van der Waals surface area contributed by atoms with E-state index in [4.69, 9.17) is 5.73 Å². The molecule has 0 radical (unpaired) electrons. The number of rotatable bonds is 9. The Bertz CT molecular complexity index is 1480. The van der Waals surface area contributed by atoms with Gasteiger partial charge in [-0.25, -0.2) is 9.97 Å². The van der Waals surface area contributed by atoms with E-state index >= 15 is 0 Å². The molecule has 4 heterocycles. The summed E-state index contributed by atoms with van der Waals surface area (Å²) in [5.74, 6) is 0.234. The van der Waals surface area contributed by atoms with Crippen molar-refractivity contribution >= 4 is 28.3 Å². The summed E-state index contributed by atoms with van der Waals surface area (Å²) >= 11 is 0. The first-order chi connectivity index (χ1) is 17.9. The van der Waals surface area contributed by atoms with Crippen LogP contribution in [0.15, 0.2) is 59.7 Å². The van der Waals surface area contributed by atoms with Crippen LogP contribution in [0.3, 0.4) is 0 Å². The largest absolute Gasteiger partial charge is 0.384 e. The zero-order valence-electron chi connectivity index (χ0n) is 20.0. The number of amides is 1. The number of carbonyl (C=O) groups is 1. The smallest absolute Gasteiger partial charge is 0.319 e. The summed E-state index contributed by atoms with van der Waals surface area (Å²) < 4.78 is 29.8. The normalized spacial score (nSPS) is 14.7. The average molecular weight is 508 g/mol. The van der Waals surface area contributed by atoms with Gasteiger partial charge >= 0.3 is 6.55 Å². The minimum Gasteiger partial charge on any atom is -0.384 e. The molecule has 4 aromatic rings. The Morgan fingerprint density at radius 2 is 1.97 bits per heavy atom. The molecule has 192 valence electrons. The summed E-state index contributed by atoms with van der Waals surface area (Å²) in [5.41, 5.74) is 7.35. The van der Waals surface area contributed by atoms with E-state index in [9.17, 15) is 18.4 Å². The number of nitrogens with zero attached hydrogens (tertiary/aromatic N) is 4. The van der Waals surface area contributed by atoms with Crippen LogP contribution >= 0.6 is 0 Å². The molecule has 0 saturated carbocycles. The Kier molecular flexibility index (Phi) is 6.85. The van der Waals surface area contributed by atoms with Gasteiger partial charge in [-0.1, -0.05) is 30.3 Å². The van der Waals surface area contributed by atoms with Crippen LogP contribution in [0.5, 0.6) is 0 Å². The van der Waals surface area contributed by atoms with Gasteiger partial charge in [0.1, 0.15) is 23.4 Å². The van der Waals surface area contributed by atoms with Gasteiger partial charge in [0, 0.05) is 36.3 Å². The third kappa shape index (κ3) is 5.02. The van der Waals surface area contributed by atoms with Gasteiger partial charge in [-0.2, -0.15) is 8.78 Å². The van der Waals surface area contributed by atoms with E-state index < -0.39 is 18.5 Å². The SMILES string of the molecule is Nc1cc2c(cn1)cc(CNC(=O)[C@@H]1CCc3ncc(NCCCc4ccccc4)c(=O)n31)n2C(F)F. The number of pyridine rings is 1. The van der Waals surface area contributed by atoms with Crippen LogP contribution < -0.4 is 21.9 Å². The number of fused-ring (bicyclic) bond motifs is 2. The Morgan fingerprint density at radius 1 is 1.16 bits per heavy atom. The van der Waals surface area contributed by atoms with Crippen molar-refractivity contribution in [3.8, 4) is 0 Å². The van der Waals surface area contributed by atoms with Gasteiger partial charge in [0.15, 0.2) is 0 Å². The monoisotopic (exact) mass is 507 g/mol. The van der Waals surface area contributed by atoms with E-state index in [2.05, 4.69) is 32.7 Å². The van der Waals surface area contributed by atoms with Gasteiger partial charge in [-0.05, 0) is 30.9 Å². The van der Waals surface area contributed by atoms with Crippen LogP contribution in [0.1, 0.15) is 42.5 Å². The van der Waals surface area contributed by atoms with Crippen molar-refractivity contribution in [1.82, 2.24) is 24.4 Å². The molecule has 1 amide bonds. The number of nitrogen functional groups attached to an aromatic ring is 1. The maximum Gasteiger partial charge on any atom is 0.319 e. The molecule has 0 saturated heterocycles. The van der Waals surface area contributed by atoms with Gasteiger partial charge in [-0.3, -0.25) is 18.7 Å². The van der Waals surface area contributed by atoms with Gasteiger partial charge in [0.05, 0.1) is 18.3 Å². The highest BCUT2D eigenvalue weighted by Gasteiger charge is 2.31. The fourth-order valence-electron chi connectivity index (χ4n) is 4.79. The standard InChI is InChI=1S/C26H27F2N7O2/c27-26(28)34-18(11-17-13-31-22(29)12-21(17)34)14-33-24(36)20-8-9-23-32-15-19(25(37)35(20)23)30-10-4-7-16-5-2-1-3-6-16/h1-3,5-6,11-13,15,20,26,30H,4,7-10,14H2,(H2,29,31)(H,33,36)/t20-/m0/s1. The molecule has 0 fully saturated rings. The lowest BCUT2D eigenvalue weighted by Crippen LogP contribution is -2.36. The molecule has 3 aromatic heterocycles. The molecule has 11 heteroatoms. The number of hydrogen-bond acceptors (Lipinski definition) is 6. The van der Waals surface area contributed by atoms with Crippen molar-refractivity contribution < 1.29 is 13.6 Å². The lowest BCUT2D eigenvalue weighted by atomic mass is 10.1. The van der Waals surface area contributed by atoms with Gasteiger partial charge in [0.25, 0.3) is 5.56 Å². The molecule has 0 unspecified atom stereocenters. The number of halogens is 2. The van der Waals surface area contributed by atoms with Crippen molar-refractivity contribution in [2.45, 2.75) is 44.8 Å². The maximum atomic E-state index is 13.8. The Morgan fingerprint density at radius 3 is 2.76 bits per heavy atom. The van der Waals surface area contributed by atoms with E-state index in [1.165, 1.54) is 28.6 Å². The highest BCUT2D eigenvalue weighted by Crippen LogP contribution is 2.27. The zero-order valence-corrected chi connectivity index (χ0v) is 20.0. The maximum absolute atomic E-state index is 13.8. The van der Waals surface area contributed by atoms with E-state index in [1.807, 2.05) is 18.2 Å². The Hall–Kier alpha value is -4.28. The van der Waals surface area contributed by atoms with E-state index in [1.54, 1.807) is 6.07 Å². The van der Waals surface area contributed by atoms with Crippen LogP contribution in [-0.4, -0.2) is 31.6 Å². The number of benzene rings is 1. The molecule has 5 rings (SSSR count). The number of alkyl halides is 2. The third-order valence-electron chi connectivity index (χ3n) is 6.59. The van der Waals surface area contributed by atoms with E-state index in [-0.39, 0.29) is 29.1 Å². The van der Waals surface area contributed by atoms with Crippen molar-refractivity contribution in [2.24, 2.45) is 0 Å². The topological polar surface area (TPSA) is 120 Å². The van der Waals surface area contributed by atoms with Crippen LogP contribution in [-0.2, 0) is 24.2 Å². The number of aryl methyl sites for hydroxylation is 2. The van der Waals surface area contributed by atoms with Crippen LogP contribution in [0, 0.1) is 0 Å². The quantitative estimate of drug-likeness (QED) is 0.299. The Labute approximate surface area is 211 Å². The van der Waals surface area contributed by atoms with Gasteiger partial charge in [-0.15, -0.1) is 0 Å². The first-order valence-electron chi connectivity index (χ1n) is 12.1. The fraction of sp³-hybridized carbons (Fsp3) is 0.308. The number of carbonyl (C=O) groups excluding carboxylic acids is 1. The lowest BCUT2D eigenvalue weighted by molar-refractivity contribution is -0.124. The summed E-state index contributed by atoms with van der Waals surface area (Å²) in [6.07, 6.45) is 5.51. The molecule has 1 aliphatic heterocycles. The summed E-state index contributed by atoms with van der Waals surface area (Å²) in [6, 6.07) is 12.2. The highest BCUT2D eigenvalue weighted by molar-refractivity contribution is 5.83. The second kappa shape index (κ2) is 10.4. The van der Waals surface area contributed by atoms with Gasteiger partial charge in [0.2, 0.25) is 5.91 Å².